The molecule has 0 saturated heterocycles. The van der Waals surface area contributed by atoms with E-state index in [9.17, 15) is 4.79 Å². The van der Waals surface area contributed by atoms with Gasteiger partial charge in [0.1, 0.15) is 5.76 Å². The molecule has 4 rings (SSSR count). The molecule has 0 saturated carbocycles. The van der Waals surface area contributed by atoms with Crippen molar-refractivity contribution >= 4 is 0 Å². The third-order valence-corrected chi connectivity index (χ3v) is 4.31. The Morgan fingerprint density at radius 3 is 3.04 bits per heavy atom. The Labute approximate surface area is 138 Å². The van der Waals surface area contributed by atoms with Crippen LogP contribution in [0.2, 0.25) is 0 Å². The fourth-order valence-electron chi connectivity index (χ4n) is 2.98. The second kappa shape index (κ2) is 5.76. The van der Waals surface area contributed by atoms with E-state index in [1.54, 1.807) is 19.4 Å². The van der Waals surface area contributed by atoms with Gasteiger partial charge in [0.05, 0.1) is 17.7 Å². The van der Waals surface area contributed by atoms with Gasteiger partial charge in [0.15, 0.2) is 5.76 Å². The van der Waals surface area contributed by atoms with Crippen molar-refractivity contribution in [2.45, 2.75) is 26.4 Å². The molecule has 0 amide bonds. The predicted octanol–water partition coefficient (Wildman–Crippen LogP) is 1.90. The molecule has 4 heterocycles. The summed E-state index contributed by atoms with van der Waals surface area (Å²) in [7, 11) is 1.68. The number of oxazole rings is 1. The molecule has 0 bridgehead atoms. The molecule has 0 unspecified atom stereocenters. The number of nitrogens with zero attached hydrogens (tertiary/aromatic N) is 4. The first kappa shape index (κ1) is 14.9. The Bertz CT molecular complexity index is 924. The molecule has 0 aromatic carbocycles. The van der Waals surface area contributed by atoms with Crippen LogP contribution in [-0.4, -0.2) is 26.2 Å². The van der Waals surface area contributed by atoms with Gasteiger partial charge in [-0.3, -0.25) is 9.69 Å². The summed E-state index contributed by atoms with van der Waals surface area (Å²) in [6.45, 7) is 4.15. The Balaban J connectivity index is 1.54. The van der Waals surface area contributed by atoms with Crippen LogP contribution >= 0.6 is 0 Å². The lowest BCUT2D eigenvalue weighted by Gasteiger charge is -2.27. The van der Waals surface area contributed by atoms with Crippen LogP contribution in [0.4, 0.5) is 0 Å². The lowest BCUT2D eigenvalue weighted by Crippen LogP contribution is -2.34. The van der Waals surface area contributed by atoms with Crippen molar-refractivity contribution in [3.05, 3.63) is 57.5 Å². The summed E-state index contributed by atoms with van der Waals surface area (Å²) in [6.07, 6.45) is 2.43. The fraction of sp³-hybridized carbons (Fsp3) is 0.353. The number of fused-ring (bicyclic) bond motifs is 1. The molecule has 3 aromatic rings. The minimum Gasteiger partial charge on any atom is -0.459 e. The Hall–Kier alpha value is -2.67. The maximum absolute atomic E-state index is 11.8. The van der Waals surface area contributed by atoms with E-state index in [1.807, 2.05) is 19.1 Å². The van der Waals surface area contributed by atoms with Gasteiger partial charge in [-0.15, -0.1) is 0 Å². The van der Waals surface area contributed by atoms with Crippen molar-refractivity contribution in [1.82, 2.24) is 19.7 Å². The SMILES string of the molecule is Cc1oc(-c2ccco2)nc1CN1CCc2nn(C)c(=O)cc2C1. The molecule has 0 spiro atoms. The highest BCUT2D eigenvalue weighted by atomic mass is 16.4. The molecule has 0 fully saturated rings. The number of hydrogen-bond donors (Lipinski definition) is 0. The van der Waals surface area contributed by atoms with Crippen molar-refractivity contribution in [3.8, 4) is 11.7 Å². The Morgan fingerprint density at radius 2 is 2.25 bits per heavy atom. The minimum absolute atomic E-state index is 0.0756. The maximum atomic E-state index is 11.8. The van der Waals surface area contributed by atoms with E-state index in [0.717, 1.165) is 35.7 Å². The zero-order valence-electron chi connectivity index (χ0n) is 13.7. The number of hydrogen-bond acceptors (Lipinski definition) is 6. The second-order valence-electron chi connectivity index (χ2n) is 6.04. The van der Waals surface area contributed by atoms with Gasteiger partial charge in [-0.2, -0.15) is 5.10 Å². The van der Waals surface area contributed by atoms with Crippen LogP contribution in [0.1, 0.15) is 22.7 Å². The Morgan fingerprint density at radius 1 is 1.38 bits per heavy atom. The quantitative estimate of drug-likeness (QED) is 0.731. The maximum Gasteiger partial charge on any atom is 0.266 e. The number of furan rings is 1. The predicted molar refractivity (Wildman–Crippen MR) is 86.2 cm³/mol. The van der Waals surface area contributed by atoms with Crippen molar-refractivity contribution in [2.24, 2.45) is 7.05 Å². The molecule has 1 aliphatic rings. The molecule has 0 N–H and O–H groups in total. The lowest BCUT2D eigenvalue weighted by molar-refractivity contribution is 0.237. The second-order valence-corrected chi connectivity index (χ2v) is 6.04. The van der Waals surface area contributed by atoms with Crippen LogP contribution in [0.5, 0.6) is 0 Å². The van der Waals surface area contributed by atoms with E-state index in [4.69, 9.17) is 8.83 Å². The number of aromatic nitrogens is 3. The summed E-state index contributed by atoms with van der Waals surface area (Å²) in [4.78, 5) is 18.6. The van der Waals surface area contributed by atoms with Crippen LogP contribution < -0.4 is 5.56 Å². The molecule has 0 radical (unpaired) electrons. The van der Waals surface area contributed by atoms with Crippen LogP contribution in [0.15, 0.2) is 38.1 Å². The van der Waals surface area contributed by atoms with Crippen LogP contribution in [0, 0.1) is 6.92 Å². The van der Waals surface area contributed by atoms with Crippen LogP contribution in [0.25, 0.3) is 11.7 Å². The van der Waals surface area contributed by atoms with Crippen molar-refractivity contribution < 1.29 is 8.83 Å². The largest absolute Gasteiger partial charge is 0.459 e. The highest BCUT2D eigenvalue weighted by Crippen LogP contribution is 2.24. The van der Waals surface area contributed by atoms with E-state index in [0.29, 0.717) is 24.7 Å². The van der Waals surface area contributed by atoms with Gasteiger partial charge >= 0.3 is 0 Å². The van der Waals surface area contributed by atoms with Gasteiger partial charge < -0.3 is 8.83 Å². The first-order valence-electron chi connectivity index (χ1n) is 7.89. The lowest BCUT2D eigenvalue weighted by atomic mass is 10.1. The highest BCUT2D eigenvalue weighted by Gasteiger charge is 2.21. The molecule has 3 aromatic heterocycles. The van der Waals surface area contributed by atoms with Gasteiger partial charge in [-0.1, -0.05) is 0 Å². The van der Waals surface area contributed by atoms with Gasteiger partial charge in [0.25, 0.3) is 11.4 Å². The van der Waals surface area contributed by atoms with Crippen molar-refractivity contribution in [2.75, 3.05) is 6.54 Å². The first-order chi connectivity index (χ1) is 11.6. The van der Waals surface area contributed by atoms with Crippen LogP contribution in [0.3, 0.4) is 0 Å². The zero-order chi connectivity index (χ0) is 16.7. The topological polar surface area (TPSA) is 77.3 Å². The monoisotopic (exact) mass is 326 g/mol. The third kappa shape index (κ3) is 2.67. The van der Waals surface area contributed by atoms with Crippen LogP contribution in [-0.2, 0) is 26.6 Å². The standard InChI is InChI=1S/C17H18N4O3/c1-11-14(18-17(24-11)15-4-3-7-23-15)10-21-6-5-13-12(9-21)8-16(22)20(2)19-13/h3-4,7-8H,5-6,9-10H2,1-2H3. The van der Waals surface area contributed by atoms with Crippen molar-refractivity contribution in [1.29, 1.82) is 0 Å². The summed E-state index contributed by atoms with van der Waals surface area (Å²) < 4.78 is 12.4. The summed E-state index contributed by atoms with van der Waals surface area (Å²) >= 11 is 0. The highest BCUT2D eigenvalue weighted by molar-refractivity contribution is 5.44. The normalized spacial score (nSPS) is 14.8. The summed E-state index contributed by atoms with van der Waals surface area (Å²) in [5, 5.41) is 4.34. The molecule has 7 nitrogen and oxygen atoms in total. The zero-order valence-corrected chi connectivity index (χ0v) is 13.7. The third-order valence-electron chi connectivity index (χ3n) is 4.31. The van der Waals surface area contributed by atoms with E-state index >= 15 is 0 Å². The van der Waals surface area contributed by atoms with E-state index in [2.05, 4.69) is 15.0 Å². The Kier molecular flexibility index (Phi) is 3.57. The summed E-state index contributed by atoms with van der Waals surface area (Å²) in [6, 6.07) is 5.32. The molecule has 1 aliphatic heterocycles. The van der Waals surface area contributed by atoms with Gasteiger partial charge in [0.2, 0.25) is 0 Å². The van der Waals surface area contributed by atoms with Gasteiger partial charge in [0, 0.05) is 39.2 Å². The molecule has 7 heteroatoms. The molecular formula is C17H18N4O3. The molecule has 124 valence electrons. The molecule has 0 aliphatic carbocycles. The fourth-order valence-corrected chi connectivity index (χ4v) is 2.98. The smallest absolute Gasteiger partial charge is 0.266 e. The molecule has 24 heavy (non-hydrogen) atoms. The minimum atomic E-state index is -0.0756. The van der Waals surface area contributed by atoms with E-state index < -0.39 is 0 Å². The van der Waals surface area contributed by atoms with E-state index in [1.165, 1.54) is 4.68 Å². The van der Waals surface area contributed by atoms with Gasteiger partial charge in [-0.05, 0) is 24.6 Å². The van der Waals surface area contributed by atoms with Crippen molar-refractivity contribution in [3.63, 3.8) is 0 Å². The average Bonchev–Trinajstić information content (AvgIpc) is 3.19. The van der Waals surface area contributed by atoms with Gasteiger partial charge in [-0.25, -0.2) is 9.67 Å². The van der Waals surface area contributed by atoms with E-state index in [-0.39, 0.29) is 5.56 Å². The first-order valence-corrected chi connectivity index (χ1v) is 7.89. The average molecular weight is 326 g/mol. The molecular weight excluding hydrogens is 308 g/mol. The number of aryl methyl sites for hydroxylation is 2. The number of rotatable bonds is 3. The molecule has 0 atom stereocenters. The summed E-state index contributed by atoms with van der Waals surface area (Å²) in [5.41, 5.74) is 2.81. The summed E-state index contributed by atoms with van der Waals surface area (Å²) in [5.74, 6) is 1.91.